The molecule has 0 unspecified atom stereocenters. The summed E-state index contributed by atoms with van der Waals surface area (Å²) < 4.78 is 38.5. The fraction of sp³-hybridized carbons (Fsp3) is 0.500. The number of carbonyl (C=O) groups excluding carboxylic acids is 1. The molecule has 0 aromatic heterocycles. The first-order valence-electron chi connectivity index (χ1n) is 6.36. The molecule has 20 heavy (non-hydrogen) atoms. The van der Waals surface area contributed by atoms with Crippen molar-refractivity contribution in [2.24, 2.45) is 5.92 Å². The molecule has 1 aromatic rings. The van der Waals surface area contributed by atoms with Crippen LogP contribution in [0, 0.1) is 5.92 Å². The highest BCUT2D eigenvalue weighted by molar-refractivity contribution is 5.73. The number of benzene rings is 1. The van der Waals surface area contributed by atoms with Gasteiger partial charge in [-0.1, -0.05) is 32.0 Å². The standard InChI is InChI=1S/C14H19F3N2O/c1-10(2)8-18-13(20)19(3)9-11-6-4-5-7-12(11)14(15,16)17/h4-7,10H,8-9H2,1-3H3,(H,18,20). The van der Waals surface area contributed by atoms with Crippen molar-refractivity contribution in [3.63, 3.8) is 0 Å². The molecule has 1 N–H and O–H groups in total. The molecule has 0 aliphatic heterocycles. The summed E-state index contributed by atoms with van der Waals surface area (Å²) in [5, 5.41) is 2.67. The molecule has 0 heterocycles. The van der Waals surface area contributed by atoms with Crippen molar-refractivity contribution < 1.29 is 18.0 Å². The number of amides is 2. The second kappa shape index (κ2) is 6.63. The lowest BCUT2D eigenvalue weighted by atomic mass is 10.1. The molecule has 0 aliphatic rings. The largest absolute Gasteiger partial charge is 0.416 e. The Kier molecular flexibility index (Phi) is 5.42. The monoisotopic (exact) mass is 288 g/mol. The molecule has 2 amide bonds. The lowest BCUT2D eigenvalue weighted by molar-refractivity contribution is -0.138. The normalized spacial score (nSPS) is 11.6. The van der Waals surface area contributed by atoms with E-state index in [4.69, 9.17) is 0 Å². The lowest BCUT2D eigenvalue weighted by Crippen LogP contribution is -2.38. The molecule has 1 rings (SSSR count). The van der Waals surface area contributed by atoms with E-state index in [0.29, 0.717) is 6.54 Å². The average Bonchev–Trinajstić information content (AvgIpc) is 2.35. The molecule has 3 nitrogen and oxygen atoms in total. The van der Waals surface area contributed by atoms with E-state index in [-0.39, 0.29) is 24.1 Å². The van der Waals surface area contributed by atoms with Gasteiger partial charge in [0.1, 0.15) is 0 Å². The van der Waals surface area contributed by atoms with E-state index in [1.165, 1.54) is 30.1 Å². The third-order valence-electron chi connectivity index (χ3n) is 2.74. The van der Waals surface area contributed by atoms with Crippen molar-refractivity contribution in [2.75, 3.05) is 13.6 Å². The van der Waals surface area contributed by atoms with Gasteiger partial charge in [-0.25, -0.2) is 4.79 Å². The Balaban J connectivity index is 2.76. The van der Waals surface area contributed by atoms with Crippen molar-refractivity contribution in [3.05, 3.63) is 35.4 Å². The molecule has 0 fully saturated rings. The summed E-state index contributed by atoms with van der Waals surface area (Å²) in [6, 6.07) is 4.90. The van der Waals surface area contributed by atoms with Crippen LogP contribution in [0.2, 0.25) is 0 Å². The summed E-state index contributed by atoms with van der Waals surface area (Å²) >= 11 is 0. The molecular formula is C14H19F3N2O. The highest BCUT2D eigenvalue weighted by Gasteiger charge is 2.33. The summed E-state index contributed by atoms with van der Waals surface area (Å²) in [5.74, 6) is 0.287. The maximum atomic E-state index is 12.8. The number of rotatable bonds is 4. The molecule has 0 spiro atoms. The molecule has 0 radical (unpaired) electrons. The zero-order valence-corrected chi connectivity index (χ0v) is 11.8. The first kappa shape index (κ1) is 16.3. The number of hydrogen-bond donors (Lipinski definition) is 1. The number of hydrogen-bond acceptors (Lipinski definition) is 1. The van der Waals surface area contributed by atoms with Crippen LogP contribution >= 0.6 is 0 Å². The third-order valence-corrected chi connectivity index (χ3v) is 2.74. The molecule has 0 aliphatic carbocycles. The van der Waals surface area contributed by atoms with Gasteiger partial charge >= 0.3 is 12.2 Å². The van der Waals surface area contributed by atoms with Crippen LogP contribution in [0.1, 0.15) is 25.0 Å². The minimum absolute atomic E-state index is 0.0837. The van der Waals surface area contributed by atoms with E-state index in [1.807, 2.05) is 13.8 Å². The number of halogens is 3. The van der Waals surface area contributed by atoms with Gasteiger partial charge in [0.05, 0.1) is 5.56 Å². The van der Waals surface area contributed by atoms with Crippen LogP contribution < -0.4 is 5.32 Å². The first-order chi connectivity index (χ1) is 9.21. The van der Waals surface area contributed by atoms with Crippen molar-refractivity contribution in [1.29, 1.82) is 0 Å². The predicted octanol–water partition coefficient (Wildman–Crippen LogP) is 3.50. The molecular weight excluding hydrogens is 269 g/mol. The Bertz CT molecular complexity index is 458. The number of carbonyl (C=O) groups is 1. The highest BCUT2D eigenvalue weighted by atomic mass is 19.4. The van der Waals surface area contributed by atoms with Crippen LogP contribution in [0.5, 0.6) is 0 Å². The van der Waals surface area contributed by atoms with E-state index in [1.54, 1.807) is 0 Å². The molecule has 0 saturated carbocycles. The molecule has 112 valence electrons. The van der Waals surface area contributed by atoms with Gasteiger partial charge in [-0.15, -0.1) is 0 Å². The minimum atomic E-state index is -4.41. The molecule has 6 heteroatoms. The quantitative estimate of drug-likeness (QED) is 0.903. The van der Waals surface area contributed by atoms with Gasteiger partial charge in [-0.2, -0.15) is 13.2 Å². The second-order valence-corrected chi connectivity index (χ2v) is 5.09. The van der Waals surface area contributed by atoms with Crippen LogP contribution in [-0.4, -0.2) is 24.5 Å². The average molecular weight is 288 g/mol. The smallest absolute Gasteiger partial charge is 0.338 e. The summed E-state index contributed by atoms with van der Waals surface area (Å²) in [7, 11) is 1.48. The summed E-state index contributed by atoms with van der Waals surface area (Å²) in [5.41, 5.74) is -0.620. The van der Waals surface area contributed by atoms with Gasteiger partial charge in [-0.3, -0.25) is 0 Å². The second-order valence-electron chi connectivity index (χ2n) is 5.09. The Labute approximate surface area is 116 Å². The fourth-order valence-corrected chi connectivity index (χ4v) is 1.69. The molecule has 0 bridgehead atoms. The first-order valence-corrected chi connectivity index (χ1v) is 6.36. The number of nitrogens with one attached hydrogen (secondary N) is 1. The van der Waals surface area contributed by atoms with Gasteiger partial charge in [0.2, 0.25) is 0 Å². The van der Waals surface area contributed by atoms with Crippen LogP contribution in [0.15, 0.2) is 24.3 Å². The fourth-order valence-electron chi connectivity index (χ4n) is 1.69. The van der Waals surface area contributed by atoms with Gasteiger partial charge in [-0.05, 0) is 17.5 Å². The van der Waals surface area contributed by atoms with Crippen molar-refractivity contribution in [1.82, 2.24) is 10.2 Å². The van der Waals surface area contributed by atoms with E-state index in [9.17, 15) is 18.0 Å². The summed E-state index contributed by atoms with van der Waals surface area (Å²) in [6.45, 7) is 4.29. The molecule has 0 atom stereocenters. The number of alkyl halides is 3. The molecule has 0 saturated heterocycles. The number of nitrogens with zero attached hydrogens (tertiary/aromatic N) is 1. The summed E-state index contributed by atoms with van der Waals surface area (Å²) in [6.07, 6.45) is -4.41. The maximum absolute atomic E-state index is 12.8. The van der Waals surface area contributed by atoms with Crippen LogP contribution in [0.25, 0.3) is 0 Å². The zero-order chi connectivity index (χ0) is 15.3. The predicted molar refractivity (Wildman–Crippen MR) is 71.1 cm³/mol. The molecule has 1 aromatic carbocycles. The van der Waals surface area contributed by atoms with Crippen molar-refractivity contribution in [2.45, 2.75) is 26.6 Å². The van der Waals surface area contributed by atoms with Crippen LogP contribution in [0.4, 0.5) is 18.0 Å². The number of urea groups is 1. The highest BCUT2D eigenvalue weighted by Crippen LogP contribution is 2.32. The van der Waals surface area contributed by atoms with Crippen LogP contribution in [-0.2, 0) is 12.7 Å². The zero-order valence-electron chi connectivity index (χ0n) is 11.8. The third kappa shape index (κ3) is 4.75. The Morgan fingerprint density at radius 3 is 2.45 bits per heavy atom. The Hall–Kier alpha value is -1.72. The van der Waals surface area contributed by atoms with Crippen molar-refractivity contribution >= 4 is 6.03 Å². The Morgan fingerprint density at radius 2 is 1.90 bits per heavy atom. The van der Waals surface area contributed by atoms with Crippen molar-refractivity contribution in [3.8, 4) is 0 Å². The maximum Gasteiger partial charge on any atom is 0.416 e. The topological polar surface area (TPSA) is 32.3 Å². The van der Waals surface area contributed by atoms with E-state index >= 15 is 0 Å². The summed E-state index contributed by atoms with van der Waals surface area (Å²) in [4.78, 5) is 13.0. The van der Waals surface area contributed by atoms with E-state index in [2.05, 4.69) is 5.32 Å². The van der Waals surface area contributed by atoms with Gasteiger partial charge < -0.3 is 10.2 Å². The van der Waals surface area contributed by atoms with Gasteiger partial charge in [0.15, 0.2) is 0 Å². The van der Waals surface area contributed by atoms with E-state index < -0.39 is 11.7 Å². The van der Waals surface area contributed by atoms with Gasteiger partial charge in [0, 0.05) is 20.1 Å². The SMILES string of the molecule is CC(C)CNC(=O)N(C)Cc1ccccc1C(F)(F)F. The van der Waals surface area contributed by atoms with E-state index in [0.717, 1.165) is 6.07 Å². The lowest BCUT2D eigenvalue weighted by Gasteiger charge is -2.21. The van der Waals surface area contributed by atoms with Gasteiger partial charge in [0.25, 0.3) is 0 Å². The van der Waals surface area contributed by atoms with Crippen LogP contribution in [0.3, 0.4) is 0 Å². The Morgan fingerprint density at radius 1 is 1.30 bits per heavy atom. The minimum Gasteiger partial charge on any atom is -0.338 e.